The number of benzene rings is 2. The molecule has 0 amide bonds. The summed E-state index contributed by atoms with van der Waals surface area (Å²) in [7, 11) is 1.64. The number of methoxy groups -OCH3 is 1. The van der Waals surface area contributed by atoms with Crippen molar-refractivity contribution in [2.45, 2.75) is 19.5 Å². The SMILES string of the molecule is COc1ccccc1C(C)NCc1ccc(O)c(F)c1. The van der Waals surface area contributed by atoms with Gasteiger partial charge >= 0.3 is 0 Å². The lowest BCUT2D eigenvalue weighted by Crippen LogP contribution is -2.18. The summed E-state index contributed by atoms with van der Waals surface area (Å²) in [6, 6.07) is 12.2. The molecule has 1 unspecified atom stereocenters. The third-order valence-electron chi connectivity index (χ3n) is 3.23. The van der Waals surface area contributed by atoms with E-state index in [0.717, 1.165) is 16.9 Å². The second kappa shape index (κ2) is 6.39. The summed E-state index contributed by atoms with van der Waals surface area (Å²) in [5, 5.41) is 12.5. The third kappa shape index (κ3) is 3.27. The lowest BCUT2D eigenvalue weighted by Gasteiger charge is -2.17. The molecule has 1 atom stereocenters. The van der Waals surface area contributed by atoms with E-state index in [2.05, 4.69) is 5.32 Å². The smallest absolute Gasteiger partial charge is 0.165 e. The van der Waals surface area contributed by atoms with Gasteiger partial charge in [-0.15, -0.1) is 0 Å². The zero-order valence-electron chi connectivity index (χ0n) is 11.6. The van der Waals surface area contributed by atoms with Crippen LogP contribution in [-0.4, -0.2) is 12.2 Å². The quantitative estimate of drug-likeness (QED) is 0.879. The lowest BCUT2D eigenvalue weighted by atomic mass is 10.1. The molecular weight excluding hydrogens is 257 g/mol. The first-order valence-electron chi connectivity index (χ1n) is 6.45. The molecule has 0 aliphatic rings. The summed E-state index contributed by atoms with van der Waals surface area (Å²) in [5.74, 6) is -0.106. The van der Waals surface area contributed by atoms with Gasteiger partial charge in [-0.05, 0) is 30.7 Å². The van der Waals surface area contributed by atoms with E-state index >= 15 is 0 Å². The van der Waals surface area contributed by atoms with Crippen molar-refractivity contribution in [1.82, 2.24) is 5.32 Å². The normalized spacial score (nSPS) is 12.2. The molecule has 2 rings (SSSR count). The fraction of sp³-hybridized carbons (Fsp3) is 0.250. The van der Waals surface area contributed by atoms with Crippen molar-refractivity contribution in [3.05, 3.63) is 59.4 Å². The van der Waals surface area contributed by atoms with Gasteiger partial charge in [0.05, 0.1) is 7.11 Å². The van der Waals surface area contributed by atoms with Crippen LogP contribution in [0.25, 0.3) is 0 Å². The van der Waals surface area contributed by atoms with Crippen molar-refractivity contribution in [1.29, 1.82) is 0 Å². The van der Waals surface area contributed by atoms with Gasteiger partial charge in [0.15, 0.2) is 11.6 Å². The second-order valence-electron chi connectivity index (χ2n) is 4.63. The molecule has 0 bridgehead atoms. The van der Waals surface area contributed by atoms with Crippen LogP contribution in [0.3, 0.4) is 0 Å². The van der Waals surface area contributed by atoms with Crippen molar-refractivity contribution in [3.8, 4) is 11.5 Å². The molecular formula is C16H18FNO2. The van der Waals surface area contributed by atoms with E-state index in [1.807, 2.05) is 31.2 Å². The molecule has 0 aliphatic heterocycles. The first-order valence-corrected chi connectivity index (χ1v) is 6.45. The molecule has 3 nitrogen and oxygen atoms in total. The fourth-order valence-corrected chi connectivity index (χ4v) is 2.07. The number of phenolic OH excluding ortho intramolecular Hbond substituents is 1. The number of hydrogen-bond acceptors (Lipinski definition) is 3. The summed E-state index contributed by atoms with van der Waals surface area (Å²) in [4.78, 5) is 0. The van der Waals surface area contributed by atoms with Crippen LogP contribution in [0.1, 0.15) is 24.1 Å². The van der Waals surface area contributed by atoms with Crippen LogP contribution in [0.2, 0.25) is 0 Å². The number of halogens is 1. The standard InChI is InChI=1S/C16H18FNO2/c1-11(13-5-3-4-6-16(13)20-2)18-10-12-7-8-15(19)14(17)9-12/h3-9,11,18-19H,10H2,1-2H3. The van der Waals surface area contributed by atoms with E-state index in [1.54, 1.807) is 13.2 Å². The Bertz CT molecular complexity index is 586. The van der Waals surface area contributed by atoms with E-state index in [1.165, 1.54) is 12.1 Å². The van der Waals surface area contributed by atoms with E-state index in [9.17, 15) is 4.39 Å². The molecule has 0 aliphatic carbocycles. The molecule has 106 valence electrons. The number of aromatic hydroxyl groups is 1. The molecule has 2 aromatic rings. The summed E-state index contributed by atoms with van der Waals surface area (Å²) in [6.45, 7) is 2.53. The summed E-state index contributed by atoms with van der Waals surface area (Å²) >= 11 is 0. The number of rotatable bonds is 5. The zero-order valence-corrected chi connectivity index (χ0v) is 11.6. The van der Waals surface area contributed by atoms with Gasteiger partial charge in [0.1, 0.15) is 5.75 Å². The van der Waals surface area contributed by atoms with Crippen molar-refractivity contribution < 1.29 is 14.2 Å². The van der Waals surface area contributed by atoms with E-state index in [-0.39, 0.29) is 11.8 Å². The van der Waals surface area contributed by atoms with Crippen LogP contribution in [0, 0.1) is 5.82 Å². The molecule has 0 fully saturated rings. The number of ether oxygens (including phenoxy) is 1. The van der Waals surface area contributed by atoms with Crippen LogP contribution >= 0.6 is 0 Å². The molecule has 0 saturated heterocycles. The maximum Gasteiger partial charge on any atom is 0.165 e. The third-order valence-corrected chi connectivity index (χ3v) is 3.23. The maximum absolute atomic E-state index is 13.2. The Kier molecular flexibility index (Phi) is 4.58. The molecule has 0 heterocycles. The summed E-state index contributed by atoms with van der Waals surface area (Å²) < 4.78 is 18.6. The number of nitrogens with one attached hydrogen (secondary N) is 1. The van der Waals surface area contributed by atoms with Crippen LogP contribution in [0.4, 0.5) is 4.39 Å². The Morgan fingerprint density at radius 1 is 1.25 bits per heavy atom. The van der Waals surface area contributed by atoms with Crippen molar-refractivity contribution in [2.24, 2.45) is 0 Å². The molecule has 0 saturated carbocycles. The Labute approximate surface area is 118 Å². The Balaban J connectivity index is 2.04. The molecule has 2 N–H and O–H groups in total. The van der Waals surface area contributed by atoms with Crippen molar-refractivity contribution >= 4 is 0 Å². The minimum atomic E-state index is -0.603. The largest absolute Gasteiger partial charge is 0.505 e. The number of para-hydroxylation sites is 1. The van der Waals surface area contributed by atoms with Crippen LogP contribution in [0.5, 0.6) is 11.5 Å². The molecule has 0 spiro atoms. The minimum Gasteiger partial charge on any atom is -0.505 e. The van der Waals surface area contributed by atoms with Crippen LogP contribution < -0.4 is 10.1 Å². The van der Waals surface area contributed by atoms with Crippen molar-refractivity contribution in [3.63, 3.8) is 0 Å². The first kappa shape index (κ1) is 14.3. The zero-order chi connectivity index (χ0) is 14.5. The fourth-order valence-electron chi connectivity index (χ4n) is 2.07. The Morgan fingerprint density at radius 2 is 2.00 bits per heavy atom. The maximum atomic E-state index is 13.2. The van der Waals surface area contributed by atoms with Crippen LogP contribution in [0.15, 0.2) is 42.5 Å². The van der Waals surface area contributed by atoms with E-state index in [4.69, 9.17) is 9.84 Å². The minimum absolute atomic E-state index is 0.0722. The first-order chi connectivity index (χ1) is 9.61. The van der Waals surface area contributed by atoms with Gasteiger partial charge in [-0.25, -0.2) is 4.39 Å². The molecule has 4 heteroatoms. The molecule has 0 radical (unpaired) electrons. The highest BCUT2D eigenvalue weighted by Crippen LogP contribution is 2.24. The monoisotopic (exact) mass is 275 g/mol. The second-order valence-corrected chi connectivity index (χ2v) is 4.63. The predicted molar refractivity (Wildman–Crippen MR) is 76.3 cm³/mol. The van der Waals surface area contributed by atoms with Crippen molar-refractivity contribution in [2.75, 3.05) is 7.11 Å². The summed E-state index contributed by atoms with van der Waals surface area (Å²) in [6.07, 6.45) is 0. The van der Waals surface area contributed by atoms with Gasteiger partial charge in [0.25, 0.3) is 0 Å². The highest BCUT2D eigenvalue weighted by molar-refractivity contribution is 5.35. The van der Waals surface area contributed by atoms with Gasteiger partial charge in [0, 0.05) is 18.2 Å². The van der Waals surface area contributed by atoms with Crippen LogP contribution in [-0.2, 0) is 6.54 Å². The molecule has 20 heavy (non-hydrogen) atoms. The number of phenols is 1. The van der Waals surface area contributed by atoms with Gasteiger partial charge in [-0.3, -0.25) is 0 Å². The highest BCUT2D eigenvalue weighted by atomic mass is 19.1. The summed E-state index contributed by atoms with van der Waals surface area (Å²) in [5.41, 5.74) is 1.83. The lowest BCUT2D eigenvalue weighted by molar-refractivity contribution is 0.401. The highest BCUT2D eigenvalue weighted by Gasteiger charge is 2.10. The van der Waals surface area contributed by atoms with Gasteiger partial charge < -0.3 is 15.2 Å². The van der Waals surface area contributed by atoms with E-state index in [0.29, 0.717) is 6.54 Å². The average molecular weight is 275 g/mol. The average Bonchev–Trinajstić information content (AvgIpc) is 2.48. The van der Waals surface area contributed by atoms with E-state index < -0.39 is 5.82 Å². The Morgan fingerprint density at radius 3 is 2.70 bits per heavy atom. The van der Waals surface area contributed by atoms with Gasteiger partial charge in [-0.2, -0.15) is 0 Å². The predicted octanol–water partition coefficient (Wildman–Crippen LogP) is 3.39. The Hall–Kier alpha value is -2.07. The molecule has 2 aromatic carbocycles. The van der Waals surface area contributed by atoms with Gasteiger partial charge in [0.2, 0.25) is 0 Å². The molecule has 0 aromatic heterocycles. The topological polar surface area (TPSA) is 41.5 Å². The van der Waals surface area contributed by atoms with Gasteiger partial charge in [-0.1, -0.05) is 24.3 Å². The number of hydrogen-bond donors (Lipinski definition) is 2.